The van der Waals surface area contributed by atoms with Gasteiger partial charge in [-0.15, -0.1) is 0 Å². The van der Waals surface area contributed by atoms with Gasteiger partial charge in [0.1, 0.15) is 12.3 Å². The smallest absolute Gasteiger partial charge is 0.199 e. The molecule has 0 aromatic carbocycles. The van der Waals surface area contributed by atoms with Gasteiger partial charge in [-0.05, 0) is 4.80 Å². The van der Waals surface area contributed by atoms with Crippen LogP contribution in [0, 0.1) is 0 Å². The predicted molar refractivity (Wildman–Crippen MR) is 30.4 cm³/mol. The van der Waals surface area contributed by atoms with Crippen LogP contribution in [-0.4, -0.2) is 20.4 Å². The van der Waals surface area contributed by atoms with E-state index in [4.69, 9.17) is 5.73 Å². The van der Waals surface area contributed by atoms with Gasteiger partial charge in [-0.25, -0.2) is 0 Å². The molecule has 1 heterocycles. The Hall–Kier alpha value is -1.04. The highest BCUT2D eigenvalue weighted by atomic mass is 15.8. The van der Waals surface area contributed by atoms with E-state index in [1.165, 1.54) is 9.59 Å². The first-order chi connectivity index (χ1) is 4.71. The number of nitrogens with zero attached hydrogens (tertiary/aromatic N) is 5. The molecule has 10 heavy (non-hydrogen) atoms. The van der Waals surface area contributed by atoms with Crippen molar-refractivity contribution in [2.24, 2.45) is 12.8 Å². The number of aromatic nitrogens is 5. The van der Waals surface area contributed by atoms with Crippen molar-refractivity contribution in [2.45, 2.75) is 18.5 Å². The first kappa shape index (κ1) is 5.72. The van der Waals surface area contributed by atoms with Gasteiger partial charge in [0.25, 0.3) is 0 Å². The molecule has 6 heteroatoms. The minimum Gasteiger partial charge on any atom is -0.292 e. The van der Waals surface area contributed by atoms with Crippen LogP contribution in [0.2, 0.25) is 0 Å². The molecule has 0 amide bonds. The summed E-state index contributed by atoms with van der Waals surface area (Å²) in [5.74, 6) is 0. The molecule has 1 fully saturated rings. The van der Waals surface area contributed by atoms with E-state index in [0.717, 1.165) is 12.8 Å². The zero-order chi connectivity index (χ0) is 7.19. The van der Waals surface area contributed by atoms with Gasteiger partial charge in [0.05, 0.1) is 5.21 Å². The second-order valence-corrected chi connectivity index (χ2v) is 2.65. The molecule has 0 radical (unpaired) electrons. The van der Waals surface area contributed by atoms with Crippen LogP contribution in [-0.2, 0) is 12.7 Å². The fourth-order valence-electron chi connectivity index (χ4n) is 0.760. The van der Waals surface area contributed by atoms with Crippen LogP contribution >= 0.6 is 0 Å². The van der Waals surface area contributed by atoms with E-state index < -0.39 is 0 Å². The lowest BCUT2D eigenvalue weighted by molar-refractivity contribution is -0.787. The summed E-state index contributed by atoms with van der Waals surface area (Å²) in [6.45, 7) is 0. The Balaban J connectivity index is 2.34. The average molecular weight is 141 g/mol. The van der Waals surface area contributed by atoms with Gasteiger partial charge < -0.3 is 0 Å². The molecule has 1 aliphatic rings. The molecular weight excluding hydrogens is 132 g/mol. The van der Waals surface area contributed by atoms with E-state index >= 15 is 0 Å². The standard InChI is InChI=1S/C4H9N6/c1-9-6-7-10(8-9)4(5)2-3-4/h2-3,5H2,1H3/q+1. The summed E-state index contributed by atoms with van der Waals surface area (Å²) < 4.78 is 0. The quantitative estimate of drug-likeness (QED) is 0.455. The number of rotatable bonds is 1. The van der Waals surface area contributed by atoms with E-state index in [-0.39, 0.29) is 5.66 Å². The highest BCUT2D eigenvalue weighted by molar-refractivity contribution is 4.88. The molecule has 0 saturated heterocycles. The first-order valence-corrected chi connectivity index (χ1v) is 3.17. The van der Waals surface area contributed by atoms with Crippen molar-refractivity contribution in [2.75, 3.05) is 0 Å². The summed E-state index contributed by atoms with van der Waals surface area (Å²) in [6.07, 6.45) is 1.90. The van der Waals surface area contributed by atoms with Crippen molar-refractivity contribution in [3.05, 3.63) is 0 Å². The van der Waals surface area contributed by atoms with Gasteiger partial charge in [-0.3, -0.25) is 5.73 Å². The third kappa shape index (κ3) is 0.688. The fraction of sp³-hybridized carbons (Fsp3) is 1.00. The number of aryl methyl sites for hydroxylation is 1. The Morgan fingerprint density at radius 2 is 2.30 bits per heavy atom. The Labute approximate surface area is 57.6 Å². The number of hydrogen-bond donors (Lipinski definition) is 1. The van der Waals surface area contributed by atoms with Crippen LogP contribution in [0.3, 0.4) is 0 Å². The van der Waals surface area contributed by atoms with Crippen molar-refractivity contribution in [1.82, 2.24) is 20.4 Å². The molecule has 2 N–H and O–H groups in total. The summed E-state index contributed by atoms with van der Waals surface area (Å²) in [4.78, 5) is 2.86. The van der Waals surface area contributed by atoms with Crippen LogP contribution in [0.15, 0.2) is 0 Å². The van der Waals surface area contributed by atoms with Crippen LogP contribution in [0.5, 0.6) is 0 Å². The lowest BCUT2D eigenvalue weighted by Crippen LogP contribution is -2.37. The Morgan fingerprint density at radius 3 is 2.70 bits per heavy atom. The van der Waals surface area contributed by atoms with Gasteiger partial charge in [-0.2, -0.15) is 0 Å². The van der Waals surface area contributed by atoms with Crippen molar-refractivity contribution in [3.63, 3.8) is 0 Å². The minimum atomic E-state index is -0.325. The Bertz CT molecular complexity index is 248. The molecule has 54 valence electrons. The lowest BCUT2D eigenvalue weighted by Gasteiger charge is -1.93. The normalized spacial score (nSPS) is 21.0. The van der Waals surface area contributed by atoms with Crippen LogP contribution in [0.1, 0.15) is 12.8 Å². The maximum atomic E-state index is 5.77. The average Bonchev–Trinajstić information content (AvgIpc) is 2.45. The van der Waals surface area contributed by atoms with Crippen molar-refractivity contribution < 1.29 is 4.80 Å². The van der Waals surface area contributed by atoms with E-state index in [0.29, 0.717) is 0 Å². The highest BCUT2D eigenvalue weighted by Crippen LogP contribution is 2.35. The molecule has 1 saturated carbocycles. The van der Waals surface area contributed by atoms with Gasteiger partial charge in [0.2, 0.25) is 0 Å². The Morgan fingerprint density at radius 1 is 1.60 bits per heavy atom. The SMILES string of the molecule is C[n+]1nnn(C2(N)CC2)n1. The first-order valence-electron chi connectivity index (χ1n) is 3.17. The summed E-state index contributed by atoms with van der Waals surface area (Å²) in [5.41, 5.74) is 5.44. The third-order valence-electron chi connectivity index (χ3n) is 1.63. The molecule has 0 bridgehead atoms. The zero-order valence-electron chi connectivity index (χ0n) is 5.73. The number of nitrogens with two attached hydrogens (primary N) is 1. The molecule has 1 aliphatic carbocycles. The summed E-state index contributed by atoms with van der Waals surface area (Å²) in [6, 6.07) is 0. The van der Waals surface area contributed by atoms with Crippen LogP contribution < -0.4 is 10.5 Å². The molecule has 0 spiro atoms. The van der Waals surface area contributed by atoms with E-state index in [1.54, 1.807) is 7.05 Å². The van der Waals surface area contributed by atoms with Gasteiger partial charge in [-0.1, -0.05) is 0 Å². The molecule has 0 unspecified atom stereocenters. The van der Waals surface area contributed by atoms with E-state index in [2.05, 4.69) is 15.6 Å². The lowest BCUT2D eigenvalue weighted by atomic mass is 10.6. The van der Waals surface area contributed by atoms with Crippen molar-refractivity contribution >= 4 is 0 Å². The largest absolute Gasteiger partial charge is 0.292 e. The van der Waals surface area contributed by atoms with Gasteiger partial charge in [0.15, 0.2) is 10.9 Å². The third-order valence-corrected chi connectivity index (χ3v) is 1.63. The molecule has 2 rings (SSSR count). The van der Waals surface area contributed by atoms with Gasteiger partial charge >= 0.3 is 0 Å². The van der Waals surface area contributed by atoms with Gasteiger partial charge in [0, 0.05) is 17.6 Å². The second kappa shape index (κ2) is 1.51. The zero-order valence-corrected chi connectivity index (χ0v) is 5.73. The maximum Gasteiger partial charge on any atom is 0.199 e. The van der Waals surface area contributed by atoms with Crippen LogP contribution in [0.25, 0.3) is 0 Å². The molecular formula is C4H9N6+. The summed E-state index contributed by atoms with van der Waals surface area (Å²) in [5, 5.41) is 11.3. The fourth-order valence-corrected chi connectivity index (χ4v) is 0.760. The van der Waals surface area contributed by atoms with Crippen molar-refractivity contribution in [3.8, 4) is 0 Å². The van der Waals surface area contributed by atoms with Crippen LogP contribution in [0.4, 0.5) is 0 Å². The molecule has 1 aromatic rings. The van der Waals surface area contributed by atoms with E-state index in [1.807, 2.05) is 0 Å². The predicted octanol–water partition coefficient (Wildman–Crippen LogP) is -2.10. The molecule has 6 nitrogen and oxygen atoms in total. The highest BCUT2D eigenvalue weighted by Gasteiger charge is 2.49. The Kier molecular flexibility index (Phi) is 0.866. The molecule has 0 aliphatic heterocycles. The second-order valence-electron chi connectivity index (χ2n) is 2.65. The minimum absolute atomic E-state index is 0.325. The monoisotopic (exact) mass is 141 g/mol. The molecule has 0 atom stereocenters. The van der Waals surface area contributed by atoms with Crippen molar-refractivity contribution in [1.29, 1.82) is 0 Å². The summed E-state index contributed by atoms with van der Waals surface area (Å²) in [7, 11) is 1.72. The van der Waals surface area contributed by atoms with E-state index in [9.17, 15) is 0 Å². The molecule has 1 aromatic heterocycles. The topological polar surface area (TPSA) is 73.5 Å². The summed E-state index contributed by atoms with van der Waals surface area (Å²) >= 11 is 0. The maximum absolute atomic E-state index is 5.77. The number of hydrogen-bond acceptors (Lipinski definition) is 4.